The van der Waals surface area contributed by atoms with Gasteiger partial charge in [0.15, 0.2) is 0 Å². The van der Waals surface area contributed by atoms with E-state index in [2.05, 4.69) is 5.32 Å². The Kier molecular flexibility index (Phi) is 4.57. The molecule has 1 aliphatic rings. The van der Waals surface area contributed by atoms with Gasteiger partial charge in [-0.25, -0.2) is 9.69 Å². The monoisotopic (exact) mass is 374 g/mol. The Bertz CT molecular complexity index is 946. The number of nitrogens with zero attached hydrogens (tertiary/aromatic N) is 1. The lowest BCUT2D eigenvalue weighted by molar-refractivity contribution is -0.137. The molecule has 1 aliphatic heterocycles. The number of imide groups is 2. The number of amides is 4. The van der Waals surface area contributed by atoms with Gasteiger partial charge in [0.05, 0.1) is 11.3 Å². The van der Waals surface area contributed by atoms with Crippen LogP contribution in [0.4, 0.5) is 23.7 Å². The fraction of sp³-hybridized carbons (Fsp3) is 0.105. The summed E-state index contributed by atoms with van der Waals surface area (Å²) in [5.41, 5.74) is 0.212. The van der Waals surface area contributed by atoms with Crippen LogP contribution in [0, 0.1) is 6.92 Å². The van der Waals surface area contributed by atoms with Crippen molar-refractivity contribution in [3.8, 4) is 0 Å². The minimum atomic E-state index is -4.49. The molecule has 0 radical (unpaired) electrons. The summed E-state index contributed by atoms with van der Waals surface area (Å²) in [7, 11) is 0. The zero-order chi connectivity index (χ0) is 19.8. The SMILES string of the molecule is Cc1ccc(N2C(=O)NC(=O)/C(=C\c3ccc(C(F)(F)F)cc3)C2=O)cc1. The summed E-state index contributed by atoms with van der Waals surface area (Å²) in [6, 6.07) is 9.60. The average Bonchev–Trinajstić information content (AvgIpc) is 2.60. The van der Waals surface area contributed by atoms with Crippen molar-refractivity contribution < 1.29 is 27.6 Å². The van der Waals surface area contributed by atoms with Crippen molar-refractivity contribution >= 4 is 29.6 Å². The molecule has 27 heavy (non-hydrogen) atoms. The first kappa shape index (κ1) is 18.4. The van der Waals surface area contributed by atoms with Gasteiger partial charge in [-0.15, -0.1) is 0 Å². The van der Waals surface area contributed by atoms with Gasteiger partial charge < -0.3 is 0 Å². The van der Waals surface area contributed by atoms with Crippen LogP contribution in [0.3, 0.4) is 0 Å². The Labute approximate surface area is 152 Å². The number of carbonyl (C=O) groups excluding carboxylic acids is 3. The number of hydrogen-bond donors (Lipinski definition) is 1. The molecule has 0 atom stereocenters. The van der Waals surface area contributed by atoms with Gasteiger partial charge in [0.25, 0.3) is 11.8 Å². The number of alkyl halides is 3. The molecule has 0 unspecified atom stereocenters. The Balaban J connectivity index is 1.95. The highest BCUT2D eigenvalue weighted by atomic mass is 19.4. The van der Waals surface area contributed by atoms with Crippen LogP contribution in [-0.4, -0.2) is 17.8 Å². The van der Waals surface area contributed by atoms with Crippen molar-refractivity contribution in [2.75, 3.05) is 4.90 Å². The van der Waals surface area contributed by atoms with Crippen LogP contribution >= 0.6 is 0 Å². The van der Waals surface area contributed by atoms with Gasteiger partial charge in [0.1, 0.15) is 5.57 Å². The van der Waals surface area contributed by atoms with Gasteiger partial charge in [0, 0.05) is 0 Å². The van der Waals surface area contributed by atoms with E-state index in [9.17, 15) is 27.6 Å². The maximum Gasteiger partial charge on any atom is 0.416 e. The largest absolute Gasteiger partial charge is 0.416 e. The molecule has 8 heteroatoms. The lowest BCUT2D eigenvalue weighted by Gasteiger charge is -2.26. The second kappa shape index (κ2) is 6.71. The van der Waals surface area contributed by atoms with Crippen LogP contribution in [0.1, 0.15) is 16.7 Å². The molecule has 0 aliphatic carbocycles. The summed E-state index contributed by atoms with van der Waals surface area (Å²) in [6.07, 6.45) is -3.34. The van der Waals surface area contributed by atoms with E-state index in [0.29, 0.717) is 0 Å². The van der Waals surface area contributed by atoms with Crippen LogP contribution in [0.15, 0.2) is 54.1 Å². The average molecular weight is 374 g/mol. The lowest BCUT2D eigenvalue weighted by Crippen LogP contribution is -2.54. The summed E-state index contributed by atoms with van der Waals surface area (Å²) in [6.45, 7) is 1.83. The fourth-order valence-corrected chi connectivity index (χ4v) is 2.52. The van der Waals surface area contributed by atoms with E-state index in [1.807, 2.05) is 6.92 Å². The minimum Gasteiger partial charge on any atom is -0.273 e. The summed E-state index contributed by atoms with van der Waals surface area (Å²) in [5.74, 6) is -1.76. The van der Waals surface area contributed by atoms with E-state index in [1.165, 1.54) is 0 Å². The summed E-state index contributed by atoms with van der Waals surface area (Å²) < 4.78 is 37.9. The topological polar surface area (TPSA) is 66.5 Å². The van der Waals surface area contributed by atoms with Crippen LogP contribution in [0.25, 0.3) is 6.08 Å². The van der Waals surface area contributed by atoms with Crippen LogP contribution in [-0.2, 0) is 15.8 Å². The molecule has 0 aromatic heterocycles. The standard InChI is InChI=1S/C19H13F3N2O3/c1-11-2-8-14(9-3-11)24-17(26)15(16(25)23-18(24)27)10-12-4-6-13(7-5-12)19(20,21)22/h2-10H,1H3,(H,23,25,27)/b15-10+. The summed E-state index contributed by atoms with van der Waals surface area (Å²) in [5, 5.41) is 2.06. The number of hydrogen-bond acceptors (Lipinski definition) is 3. The van der Waals surface area contributed by atoms with Gasteiger partial charge in [-0.2, -0.15) is 13.2 Å². The highest BCUT2D eigenvalue weighted by molar-refractivity contribution is 6.39. The van der Waals surface area contributed by atoms with Crippen LogP contribution < -0.4 is 10.2 Å². The molecule has 3 rings (SSSR count). The molecular formula is C19H13F3N2O3. The molecule has 5 nitrogen and oxygen atoms in total. The number of benzene rings is 2. The van der Waals surface area contributed by atoms with E-state index in [4.69, 9.17) is 0 Å². The summed E-state index contributed by atoms with van der Waals surface area (Å²) in [4.78, 5) is 37.6. The lowest BCUT2D eigenvalue weighted by atomic mass is 10.1. The fourth-order valence-electron chi connectivity index (χ4n) is 2.52. The highest BCUT2D eigenvalue weighted by Gasteiger charge is 2.37. The first-order chi connectivity index (χ1) is 12.7. The molecule has 0 spiro atoms. The first-order valence-corrected chi connectivity index (χ1v) is 7.82. The van der Waals surface area contributed by atoms with Crippen molar-refractivity contribution in [3.05, 3.63) is 70.8 Å². The number of halogens is 3. The van der Waals surface area contributed by atoms with E-state index in [-0.39, 0.29) is 16.8 Å². The van der Waals surface area contributed by atoms with Gasteiger partial charge in [0.2, 0.25) is 0 Å². The predicted molar refractivity (Wildman–Crippen MR) is 91.6 cm³/mol. The minimum absolute atomic E-state index is 0.222. The van der Waals surface area contributed by atoms with Gasteiger partial charge in [-0.3, -0.25) is 14.9 Å². The molecule has 0 bridgehead atoms. The molecule has 1 saturated heterocycles. The Morgan fingerprint density at radius 3 is 2.07 bits per heavy atom. The molecule has 138 valence electrons. The molecule has 1 fully saturated rings. The second-order valence-corrected chi connectivity index (χ2v) is 5.91. The number of anilines is 1. The zero-order valence-corrected chi connectivity index (χ0v) is 14.0. The van der Waals surface area contributed by atoms with Crippen molar-refractivity contribution in [3.63, 3.8) is 0 Å². The first-order valence-electron chi connectivity index (χ1n) is 7.82. The molecule has 1 heterocycles. The summed E-state index contributed by atoms with van der Waals surface area (Å²) >= 11 is 0. The maximum absolute atomic E-state index is 12.7. The van der Waals surface area contributed by atoms with E-state index in [1.54, 1.807) is 24.3 Å². The molecule has 1 N–H and O–H groups in total. The van der Waals surface area contributed by atoms with Crippen LogP contribution in [0.5, 0.6) is 0 Å². The van der Waals surface area contributed by atoms with Gasteiger partial charge in [-0.1, -0.05) is 29.8 Å². The zero-order valence-electron chi connectivity index (χ0n) is 14.0. The highest BCUT2D eigenvalue weighted by Crippen LogP contribution is 2.29. The Morgan fingerprint density at radius 2 is 1.52 bits per heavy atom. The predicted octanol–water partition coefficient (Wildman–Crippen LogP) is 3.68. The third-order valence-corrected chi connectivity index (χ3v) is 3.94. The van der Waals surface area contributed by atoms with Crippen molar-refractivity contribution in [2.45, 2.75) is 13.1 Å². The number of nitrogens with one attached hydrogen (secondary N) is 1. The van der Waals surface area contributed by atoms with Gasteiger partial charge >= 0.3 is 12.2 Å². The van der Waals surface area contributed by atoms with E-state index >= 15 is 0 Å². The van der Waals surface area contributed by atoms with Crippen LogP contribution in [0.2, 0.25) is 0 Å². The normalized spacial score (nSPS) is 16.7. The molecule has 0 saturated carbocycles. The smallest absolute Gasteiger partial charge is 0.273 e. The Hall–Kier alpha value is -3.42. The number of barbiturate groups is 1. The quantitative estimate of drug-likeness (QED) is 0.644. The third-order valence-electron chi connectivity index (χ3n) is 3.94. The van der Waals surface area contributed by atoms with Crippen molar-refractivity contribution in [1.29, 1.82) is 0 Å². The number of urea groups is 1. The van der Waals surface area contributed by atoms with Crippen molar-refractivity contribution in [1.82, 2.24) is 5.32 Å². The molecule has 2 aromatic carbocycles. The number of rotatable bonds is 2. The van der Waals surface area contributed by atoms with Crippen molar-refractivity contribution in [2.24, 2.45) is 0 Å². The number of carbonyl (C=O) groups is 3. The van der Waals surface area contributed by atoms with Gasteiger partial charge in [-0.05, 0) is 42.8 Å². The number of aryl methyl sites for hydroxylation is 1. The molecule has 4 amide bonds. The molecule has 2 aromatic rings. The second-order valence-electron chi connectivity index (χ2n) is 5.91. The Morgan fingerprint density at radius 1 is 0.926 bits per heavy atom. The molecular weight excluding hydrogens is 361 g/mol. The maximum atomic E-state index is 12.7. The van der Waals surface area contributed by atoms with E-state index in [0.717, 1.165) is 40.8 Å². The third kappa shape index (κ3) is 3.74. The van der Waals surface area contributed by atoms with E-state index < -0.39 is 29.6 Å².